The predicted molar refractivity (Wildman–Crippen MR) is 158 cm³/mol. The number of carbonyl (C=O) groups excluding carboxylic acids is 2. The van der Waals surface area contributed by atoms with Crippen molar-refractivity contribution < 1.29 is 19.4 Å². The topological polar surface area (TPSA) is 127 Å². The number of para-hydroxylation sites is 1. The van der Waals surface area contributed by atoms with Crippen LogP contribution in [-0.4, -0.2) is 73.6 Å². The fraction of sp³-hybridized carbons (Fsp3) is 0.419. The first-order valence-electron chi connectivity index (χ1n) is 14.3. The summed E-state index contributed by atoms with van der Waals surface area (Å²) >= 11 is 0. The zero-order chi connectivity index (χ0) is 28.9. The number of unbranched alkanes of at least 4 members (excludes halogenated alkanes) is 1. The number of amides is 1. The molecule has 2 aromatic heterocycles. The minimum absolute atomic E-state index is 0.00428. The smallest absolute Gasteiger partial charge is 0.308 e. The molecule has 4 aromatic rings. The molecule has 3 heterocycles. The van der Waals surface area contributed by atoms with E-state index < -0.39 is 0 Å². The lowest BCUT2D eigenvalue weighted by Crippen LogP contribution is -2.54. The number of likely N-dealkylation sites (tertiary alicyclic amines) is 1. The first-order valence-corrected chi connectivity index (χ1v) is 14.3. The third-order valence-electron chi connectivity index (χ3n) is 7.44. The molecule has 0 aliphatic carbocycles. The van der Waals surface area contributed by atoms with Crippen molar-refractivity contribution in [3.8, 4) is 5.75 Å². The first kappa shape index (κ1) is 28.5. The number of carbonyl (C=O) groups is 2. The highest BCUT2D eigenvalue weighted by molar-refractivity contribution is 6.06. The molecule has 0 spiro atoms. The van der Waals surface area contributed by atoms with E-state index in [0.717, 1.165) is 52.6 Å². The number of aliphatic hydroxyl groups is 1. The maximum atomic E-state index is 13.4. The van der Waals surface area contributed by atoms with E-state index in [1.54, 1.807) is 12.1 Å². The molecule has 1 amide bonds. The van der Waals surface area contributed by atoms with Crippen LogP contribution in [0, 0.1) is 0 Å². The van der Waals surface area contributed by atoms with Gasteiger partial charge in [0, 0.05) is 51.5 Å². The summed E-state index contributed by atoms with van der Waals surface area (Å²) in [5.41, 5.74) is 9.78. The molecule has 0 bridgehead atoms. The van der Waals surface area contributed by atoms with E-state index in [9.17, 15) is 14.7 Å². The predicted octanol–water partition coefficient (Wildman–Crippen LogP) is 3.53. The number of aliphatic hydroxyl groups excluding tert-OH is 1. The van der Waals surface area contributed by atoms with Crippen molar-refractivity contribution in [2.75, 3.05) is 31.9 Å². The number of esters is 1. The lowest BCUT2D eigenvalue weighted by molar-refractivity contribution is -0.136. The normalized spacial score (nSPS) is 13.9. The molecule has 0 unspecified atom stereocenters. The molecule has 1 aliphatic rings. The number of hydrogen-bond acceptors (Lipinski definition) is 8. The van der Waals surface area contributed by atoms with E-state index in [0.29, 0.717) is 50.7 Å². The standard InChI is InChI=1S/C31H38N6O4/c1-3-4-13-27-34-29-30(25-11-5-6-12-26(25)33-31(29)32)37(27)15-8-14-36(28(40)20-35-18-23(39)19-35)17-22-9-7-10-24(16-22)41-21(2)38/h5-7,9-12,16,23,39H,3-4,8,13-15,17-20H2,1-2H3,(H2,32,33). The number of imidazole rings is 1. The number of aromatic nitrogens is 3. The number of rotatable bonds is 12. The molecule has 216 valence electrons. The van der Waals surface area contributed by atoms with E-state index in [-0.39, 0.29) is 24.5 Å². The zero-order valence-corrected chi connectivity index (χ0v) is 23.8. The molecule has 10 nitrogen and oxygen atoms in total. The molecule has 10 heteroatoms. The maximum absolute atomic E-state index is 13.4. The van der Waals surface area contributed by atoms with Gasteiger partial charge in [-0.15, -0.1) is 0 Å². The molecular formula is C31H38N6O4. The molecule has 0 saturated carbocycles. The van der Waals surface area contributed by atoms with Gasteiger partial charge in [-0.3, -0.25) is 14.5 Å². The molecule has 41 heavy (non-hydrogen) atoms. The minimum Gasteiger partial charge on any atom is -0.427 e. The Morgan fingerprint density at radius 2 is 1.93 bits per heavy atom. The number of nitrogens with two attached hydrogens (primary N) is 1. The summed E-state index contributed by atoms with van der Waals surface area (Å²) in [5, 5.41) is 10.7. The molecule has 1 fully saturated rings. The van der Waals surface area contributed by atoms with Gasteiger partial charge in [-0.1, -0.05) is 43.7 Å². The molecule has 2 aromatic carbocycles. The van der Waals surface area contributed by atoms with Crippen LogP contribution in [0.25, 0.3) is 21.9 Å². The fourth-order valence-corrected chi connectivity index (χ4v) is 5.44. The van der Waals surface area contributed by atoms with Crippen LogP contribution in [0.2, 0.25) is 0 Å². The number of nitrogen functional groups attached to an aromatic ring is 1. The maximum Gasteiger partial charge on any atom is 0.308 e. The summed E-state index contributed by atoms with van der Waals surface area (Å²) in [6, 6.07) is 15.2. The Morgan fingerprint density at radius 3 is 2.68 bits per heavy atom. The molecule has 3 N–H and O–H groups in total. The fourth-order valence-electron chi connectivity index (χ4n) is 5.44. The zero-order valence-electron chi connectivity index (χ0n) is 23.8. The third-order valence-corrected chi connectivity index (χ3v) is 7.44. The number of hydrogen-bond donors (Lipinski definition) is 2. The molecule has 0 atom stereocenters. The Balaban J connectivity index is 1.39. The average Bonchev–Trinajstić information content (AvgIpc) is 3.29. The summed E-state index contributed by atoms with van der Waals surface area (Å²) < 4.78 is 7.51. The van der Waals surface area contributed by atoms with Crippen molar-refractivity contribution in [3.05, 3.63) is 59.9 Å². The molecule has 1 saturated heterocycles. The quantitative estimate of drug-likeness (QED) is 0.200. The number of fused-ring (bicyclic) bond motifs is 3. The van der Waals surface area contributed by atoms with Gasteiger partial charge in [0.15, 0.2) is 5.82 Å². The molecule has 1 aliphatic heterocycles. The highest BCUT2D eigenvalue weighted by atomic mass is 16.5. The SMILES string of the molecule is CCCCc1nc2c(N)nc3ccccc3c2n1CCCN(Cc1cccc(OC(C)=O)c1)C(=O)CN1CC(O)C1. The largest absolute Gasteiger partial charge is 0.427 e. The monoisotopic (exact) mass is 558 g/mol. The van der Waals surface area contributed by atoms with E-state index in [4.69, 9.17) is 15.5 Å². The van der Waals surface area contributed by atoms with E-state index >= 15 is 0 Å². The van der Waals surface area contributed by atoms with Crippen molar-refractivity contribution in [1.29, 1.82) is 0 Å². The second-order valence-electron chi connectivity index (χ2n) is 10.8. The second-order valence-corrected chi connectivity index (χ2v) is 10.8. The van der Waals surface area contributed by atoms with Crippen LogP contribution in [0.3, 0.4) is 0 Å². The lowest BCUT2D eigenvalue weighted by Gasteiger charge is -2.36. The Kier molecular flexibility index (Phi) is 8.80. The van der Waals surface area contributed by atoms with Gasteiger partial charge in [0.05, 0.1) is 23.7 Å². The van der Waals surface area contributed by atoms with Crippen LogP contribution in [-0.2, 0) is 29.1 Å². The number of ether oxygens (including phenoxy) is 1. The highest BCUT2D eigenvalue weighted by Gasteiger charge is 2.28. The van der Waals surface area contributed by atoms with Crippen LogP contribution < -0.4 is 10.5 Å². The van der Waals surface area contributed by atoms with Gasteiger partial charge in [0.1, 0.15) is 17.1 Å². The number of aryl methyl sites for hydroxylation is 2. The number of anilines is 1. The third kappa shape index (κ3) is 6.66. The number of benzene rings is 2. The van der Waals surface area contributed by atoms with Crippen molar-refractivity contribution in [3.63, 3.8) is 0 Å². The summed E-state index contributed by atoms with van der Waals surface area (Å²) in [6.07, 6.45) is 3.24. The Hall–Kier alpha value is -4.02. The lowest BCUT2D eigenvalue weighted by atomic mass is 10.1. The second kappa shape index (κ2) is 12.7. The van der Waals surface area contributed by atoms with Crippen LogP contribution in [0.4, 0.5) is 5.82 Å². The van der Waals surface area contributed by atoms with Gasteiger partial charge in [0.25, 0.3) is 0 Å². The average molecular weight is 559 g/mol. The van der Waals surface area contributed by atoms with Crippen molar-refractivity contribution in [2.45, 2.75) is 58.7 Å². The number of nitrogens with zero attached hydrogens (tertiary/aromatic N) is 5. The summed E-state index contributed by atoms with van der Waals surface area (Å²) in [6.45, 7) is 6.38. The molecular weight excluding hydrogens is 520 g/mol. The molecule has 0 radical (unpaired) electrons. The van der Waals surface area contributed by atoms with Crippen molar-refractivity contribution >= 4 is 39.6 Å². The van der Waals surface area contributed by atoms with Gasteiger partial charge >= 0.3 is 5.97 Å². The first-order chi connectivity index (χ1) is 19.8. The summed E-state index contributed by atoms with van der Waals surface area (Å²) in [4.78, 5) is 38.2. The van der Waals surface area contributed by atoms with Gasteiger partial charge in [-0.2, -0.15) is 0 Å². The van der Waals surface area contributed by atoms with Gasteiger partial charge in [-0.05, 0) is 36.6 Å². The summed E-state index contributed by atoms with van der Waals surface area (Å²) in [7, 11) is 0. The summed E-state index contributed by atoms with van der Waals surface area (Å²) in [5.74, 6) is 1.47. The highest BCUT2D eigenvalue weighted by Crippen LogP contribution is 2.29. The number of β-amino-alcohol motifs (C(OH)–C–C–N with tert-alkyl or cyclic N) is 1. The van der Waals surface area contributed by atoms with Crippen LogP contribution >= 0.6 is 0 Å². The molecule has 5 rings (SSSR count). The minimum atomic E-state index is -0.388. The van der Waals surface area contributed by atoms with Gasteiger partial charge in [0.2, 0.25) is 5.91 Å². The van der Waals surface area contributed by atoms with Crippen molar-refractivity contribution in [1.82, 2.24) is 24.3 Å². The van der Waals surface area contributed by atoms with Crippen LogP contribution in [0.5, 0.6) is 5.75 Å². The van der Waals surface area contributed by atoms with E-state index in [1.165, 1.54) is 6.92 Å². The Labute approximate surface area is 239 Å². The van der Waals surface area contributed by atoms with Crippen LogP contribution in [0.15, 0.2) is 48.5 Å². The van der Waals surface area contributed by atoms with E-state index in [2.05, 4.69) is 22.5 Å². The number of pyridine rings is 1. The Bertz CT molecular complexity index is 1540. The van der Waals surface area contributed by atoms with Gasteiger partial charge < -0.3 is 25.0 Å². The van der Waals surface area contributed by atoms with Gasteiger partial charge in [-0.25, -0.2) is 9.97 Å². The van der Waals surface area contributed by atoms with E-state index in [1.807, 2.05) is 40.1 Å². The van der Waals surface area contributed by atoms with Crippen LogP contribution in [0.1, 0.15) is 44.5 Å². The van der Waals surface area contributed by atoms with Crippen molar-refractivity contribution in [2.24, 2.45) is 0 Å². The Morgan fingerprint density at radius 1 is 1.12 bits per heavy atom.